The molecule has 62 valence electrons. The van der Waals surface area contributed by atoms with Crippen LogP contribution in [0.15, 0.2) is 23.0 Å². The molecule has 0 fully saturated rings. The van der Waals surface area contributed by atoms with Crippen LogP contribution < -0.4 is 0 Å². The van der Waals surface area contributed by atoms with Crippen LogP contribution in [-0.4, -0.2) is 10.1 Å². The molecule has 0 aliphatic rings. The van der Waals surface area contributed by atoms with E-state index in [2.05, 4.69) is 24.0 Å². The third-order valence-electron chi connectivity index (χ3n) is 1.86. The third-order valence-corrected chi connectivity index (χ3v) is 1.86. The minimum absolute atomic E-state index is 0.436. The summed E-state index contributed by atoms with van der Waals surface area (Å²) in [5.74, 6) is 0.436. The van der Waals surface area contributed by atoms with E-state index in [0.29, 0.717) is 5.92 Å². The zero-order valence-electron chi connectivity index (χ0n) is 7.11. The van der Waals surface area contributed by atoms with Crippen LogP contribution in [-0.2, 0) is 0 Å². The summed E-state index contributed by atoms with van der Waals surface area (Å²) in [6.45, 7) is 4.21. The highest BCUT2D eigenvalue weighted by molar-refractivity contribution is 5.76. The Labute approximate surface area is 70.4 Å². The molecule has 12 heavy (non-hydrogen) atoms. The maximum atomic E-state index is 4.81. The highest BCUT2D eigenvalue weighted by atomic mass is 16.5. The van der Waals surface area contributed by atoms with E-state index in [-0.39, 0.29) is 0 Å². The second-order valence-electron chi connectivity index (χ2n) is 3.14. The summed E-state index contributed by atoms with van der Waals surface area (Å²) in [5.41, 5.74) is 1.94. The first-order valence-corrected chi connectivity index (χ1v) is 3.97. The highest BCUT2D eigenvalue weighted by Gasteiger charge is 2.03. The lowest BCUT2D eigenvalue weighted by atomic mass is 10.1. The average molecular weight is 162 g/mol. The Kier molecular flexibility index (Phi) is 1.57. The first kappa shape index (κ1) is 7.28. The third kappa shape index (κ3) is 1.07. The quantitative estimate of drug-likeness (QED) is 0.646. The second-order valence-corrected chi connectivity index (χ2v) is 3.14. The molecule has 0 bridgehead atoms. The molecule has 0 spiro atoms. The van der Waals surface area contributed by atoms with Crippen molar-refractivity contribution in [2.75, 3.05) is 0 Å². The Balaban J connectivity index is 2.60. The van der Waals surface area contributed by atoms with Gasteiger partial charge in [0.1, 0.15) is 11.8 Å². The molecular formula is C9H10N2O. The van der Waals surface area contributed by atoms with Crippen molar-refractivity contribution < 1.29 is 4.52 Å². The summed E-state index contributed by atoms with van der Waals surface area (Å²) in [4.78, 5) is 4.28. The van der Waals surface area contributed by atoms with Crippen molar-refractivity contribution in [3.8, 4) is 0 Å². The monoisotopic (exact) mass is 162 g/mol. The standard InChI is InChI=1S/C9H10N2O/c1-6(2)8-3-9-7(4-10-8)5-12-11-9/h3-6H,1-2H3. The minimum Gasteiger partial charge on any atom is -0.363 e. The van der Waals surface area contributed by atoms with Crippen LogP contribution in [0.5, 0.6) is 0 Å². The van der Waals surface area contributed by atoms with Crippen molar-refractivity contribution in [1.29, 1.82) is 0 Å². The van der Waals surface area contributed by atoms with Crippen LogP contribution in [0.3, 0.4) is 0 Å². The zero-order valence-corrected chi connectivity index (χ0v) is 7.11. The van der Waals surface area contributed by atoms with Crippen molar-refractivity contribution in [3.63, 3.8) is 0 Å². The van der Waals surface area contributed by atoms with Gasteiger partial charge in [-0.15, -0.1) is 0 Å². The molecule has 2 rings (SSSR count). The topological polar surface area (TPSA) is 38.9 Å². The average Bonchev–Trinajstić information content (AvgIpc) is 2.49. The van der Waals surface area contributed by atoms with Gasteiger partial charge in [0.2, 0.25) is 0 Å². The molecule has 2 aromatic rings. The maximum absolute atomic E-state index is 4.81. The SMILES string of the molecule is CC(C)c1cc2nocc2cn1. The minimum atomic E-state index is 0.436. The largest absolute Gasteiger partial charge is 0.363 e. The van der Waals surface area contributed by atoms with Gasteiger partial charge < -0.3 is 4.52 Å². The first-order chi connectivity index (χ1) is 5.77. The van der Waals surface area contributed by atoms with Gasteiger partial charge in [-0.1, -0.05) is 19.0 Å². The summed E-state index contributed by atoms with van der Waals surface area (Å²) >= 11 is 0. The van der Waals surface area contributed by atoms with Crippen LogP contribution in [0, 0.1) is 0 Å². The Morgan fingerprint density at radius 2 is 2.25 bits per heavy atom. The number of pyridine rings is 1. The Hall–Kier alpha value is -1.38. The molecule has 0 unspecified atom stereocenters. The van der Waals surface area contributed by atoms with Crippen LogP contribution >= 0.6 is 0 Å². The van der Waals surface area contributed by atoms with Crippen LogP contribution in [0.2, 0.25) is 0 Å². The first-order valence-electron chi connectivity index (χ1n) is 3.97. The molecule has 3 heteroatoms. The van der Waals surface area contributed by atoms with Gasteiger partial charge in [-0.25, -0.2) is 0 Å². The number of fused-ring (bicyclic) bond motifs is 1. The van der Waals surface area contributed by atoms with Gasteiger partial charge in [-0.2, -0.15) is 0 Å². The van der Waals surface area contributed by atoms with E-state index < -0.39 is 0 Å². The second kappa shape index (κ2) is 2.59. The van der Waals surface area contributed by atoms with Crippen LogP contribution in [0.1, 0.15) is 25.5 Å². The van der Waals surface area contributed by atoms with Crippen molar-refractivity contribution >= 4 is 10.9 Å². The van der Waals surface area contributed by atoms with E-state index in [1.165, 1.54) is 0 Å². The number of hydrogen-bond acceptors (Lipinski definition) is 3. The van der Waals surface area contributed by atoms with Crippen LogP contribution in [0.25, 0.3) is 10.9 Å². The molecule has 0 aliphatic heterocycles. The Morgan fingerprint density at radius 3 is 3.00 bits per heavy atom. The Bertz CT molecular complexity index is 392. The fraction of sp³-hybridized carbons (Fsp3) is 0.333. The number of rotatable bonds is 1. The van der Waals surface area contributed by atoms with E-state index in [0.717, 1.165) is 16.6 Å². The summed E-state index contributed by atoms with van der Waals surface area (Å²) in [6.07, 6.45) is 3.40. The maximum Gasteiger partial charge on any atom is 0.133 e. The van der Waals surface area contributed by atoms with Gasteiger partial charge >= 0.3 is 0 Å². The van der Waals surface area contributed by atoms with E-state index in [9.17, 15) is 0 Å². The zero-order chi connectivity index (χ0) is 8.55. The van der Waals surface area contributed by atoms with Crippen molar-refractivity contribution in [2.24, 2.45) is 0 Å². The molecule has 0 saturated heterocycles. The van der Waals surface area contributed by atoms with E-state index >= 15 is 0 Å². The normalized spacial score (nSPS) is 11.2. The molecule has 2 aromatic heterocycles. The molecular weight excluding hydrogens is 152 g/mol. The number of aromatic nitrogens is 2. The fourth-order valence-corrected chi connectivity index (χ4v) is 1.10. The molecule has 0 atom stereocenters. The van der Waals surface area contributed by atoms with Gasteiger partial charge in [-0.05, 0) is 12.0 Å². The van der Waals surface area contributed by atoms with Gasteiger partial charge in [-0.3, -0.25) is 4.98 Å². The molecule has 2 heterocycles. The van der Waals surface area contributed by atoms with Gasteiger partial charge in [0.15, 0.2) is 0 Å². The molecule has 0 saturated carbocycles. The predicted octanol–water partition coefficient (Wildman–Crippen LogP) is 2.35. The number of hydrogen-bond donors (Lipinski definition) is 0. The molecule has 0 N–H and O–H groups in total. The summed E-state index contributed by atoms with van der Waals surface area (Å²) in [7, 11) is 0. The van der Waals surface area contributed by atoms with E-state index in [1.807, 2.05) is 6.07 Å². The van der Waals surface area contributed by atoms with Crippen molar-refractivity contribution in [1.82, 2.24) is 10.1 Å². The van der Waals surface area contributed by atoms with Gasteiger partial charge in [0.25, 0.3) is 0 Å². The summed E-state index contributed by atoms with van der Waals surface area (Å²) < 4.78 is 4.81. The smallest absolute Gasteiger partial charge is 0.133 e. The Morgan fingerprint density at radius 1 is 1.42 bits per heavy atom. The van der Waals surface area contributed by atoms with Crippen molar-refractivity contribution in [2.45, 2.75) is 19.8 Å². The molecule has 0 aliphatic carbocycles. The van der Waals surface area contributed by atoms with Gasteiger partial charge in [0, 0.05) is 11.9 Å². The van der Waals surface area contributed by atoms with E-state index in [4.69, 9.17) is 4.52 Å². The molecule has 3 nitrogen and oxygen atoms in total. The predicted molar refractivity (Wildman–Crippen MR) is 45.9 cm³/mol. The molecule has 0 aromatic carbocycles. The van der Waals surface area contributed by atoms with Crippen molar-refractivity contribution in [3.05, 3.63) is 24.2 Å². The lowest BCUT2D eigenvalue weighted by molar-refractivity contribution is 0.428. The van der Waals surface area contributed by atoms with Gasteiger partial charge in [0.05, 0.1) is 5.39 Å². The molecule has 0 amide bonds. The van der Waals surface area contributed by atoms with E-state index in [1.54, 1.807) is 12.5 Å². The summed E-state index contributed by atoms with van der Waals surface area (Å²) in [5, 5.41) is 4.80. The lowest BCUT2D eigenvalue weighted by Crippen LogP contribution is -1.90. The van der Waals surface area contributed by atoms with Crippen LogP contribution in [0.4, 0.5) is 0 Å². The fourth-order valence-electron chi connectivity index (χ4n) is 1.10. The number of nitrogens with zero attached hydrogens (tertiary/aromatic N) is 2. The lowest BCUT2D eigenvalue weighted by Gasteiger charge is -2.01. The highest BCUT2D eigenvalue weighted by Crippen LogP contribution is 2.16. The molecule has 0 radical (unpaired) electrons. The summed E-state index contributed by atoms with van der Waals surface area (Å²) in [6, 6.07) is 1.96.